The van der Waals surface area contributed by atoms with E-state index in [2.05, 4.69) is 33.5 Å². The van der Waals surface area contributed by atoms with E-state index in [-0.39, 0.29) is 16.7 Å². The zero-order valence-corrected chi connectivity index (χ0v) is 12.4. The van der Waals surface area contributed by atoms with Crippen molar-refractivity contribution in [3.8, 4) is 0 Å². The number of nitrogens with zero attached hydrogens (tertiary/aromatic N) is 1. The van der Waals surface area contributed by atoms with E-state index < -0.39 is 0 Å². The van der Waals surface area contributed by atoms with Crippen molar-refractivity contribution in [3.63, 3.8) is 0 Å². The second kappa shape index (κ2) is 6.34. The molecule has 2 unspecified atom stereocenters. The third-order valence-corrected chi connectivity index (χ3v) is 4.05. The Kier molecular flexibility index (Phi) is 4.76. The topological polar surface area (TPSA) is 67.2 Å². The van der Waals surface area contributed by atoms with Crippen LogP contribution in [-0.4, -0.2) is 23.6 Å². The van der Waals surface area contributed by atoms with E-state index in [1.165, 1.54) is 18.9 Å². The molecule has 0 aliphatic carbocycles. The molecule has 0 bridgehead atoms. The van der Waals surface area contributed by atoms with Gasteiger partial charge in [-0.25, -0.2) is 0 Å². The minimum absolute atomic E-state index is 0.108. The van der Waals surface area contributed by atoms with Crippen molar-refractivity contribution in [1.82, 2.24) is 5.32 Å². The molecule has 104 valence electrons. The molecule has 0 amide bonds. The standard InChI is InChI=1S/C13H18BrN3O2/c1-9(7-10-3-2-6-15-10)16-13-8-11(17(18)19)4-5-12(13)14/h4-5,8-10,15-16H,2-3,6-7H2,1H3. The van der Waals surface area contributed by atoms with E-state index in [0.717, 1.165) is 23.1 Å². The molecule has 1 aromatic carbocycles. The van der Waals surface area contributed by atoms with E-state index in [9.17, 15) is 10.1 Å². The quantitative estimate of drug-likeness (QED) is 0.643. The number of non-ortho nitro benzene ring substituents is 1. The Bertz CT molecular complexity index is 461. The molecule has 6 heteroatoms. The fraction of sp³-hybridized carbons (Fsp3) is 0.538. The number of hydrogen-bond donors (Lipinski definition) is 2. The minimum atomic E-state index is -0.374. The van der Waals surface area contributed by atoms with Gasteiger partial charge in [0.2, 0.25) is 0 Å². The number of anilines is 1. The van der Waals surface area contributed by atoms with Crippen LogP contribution in [0.15, 0.2) is 22.7 Å². The maximum Gasteiger partial charge on any atom is 0.271 e. The molecule has 0 saturated carbocycles. The third kappa shape index (κ3) is 3.91. The molecule has 1 heterocycles. The Morgan fingerprint density at radius 1 is 1.63 bits per heavy atom. The van der Waals surface area contributed by atoms with Gasteiger partial charge in [-0.05, 0) is 54.7 Å². The van der Waals surface area contributed by atoms with Crippen LogP contribution in [0.5, 0.6) is 0 Å². The molecule has 0 radical (unpaired) electrons. The van der Waals surface area contributed by atoms with Crippen molar-refractivity contribution in [3.05, 3.63) is 32.8 Å². The molecular formula is C13H18BrN3O2. The van der Waals surface area contributed by atoms with E-state index in [0.29, 0.717) is 6.04 Å². The van der Waals surface area contributed by atoms with Crippen LogP contribution in [0.3, 0.4) is 0 Å². The number of benzene rings is 1. The molecule has 1 aliphatic rings. The molecule has 1 aliphatic heterocycles. The molecular weight excluding hydrogens is 310 g/mol. The third-order valence-electron chi connectivity index (χ3n) is 3.36. The lowest BCUT2D eigenvalue weighted by molar-refractivity contribution is -0.384. The number of rotatable bonds is 5. The lowest BCUT2D eigenvalue weighted by Crippen LogP contribution is -2.29. The summed E-state index contributed by atoms with van der Waals surface area (Å²) in [6.07, 6.45) is 3.47. The normalized spacial score (nSPS) is 20.2. The van der Waals surface area contributed by atoms with Crippen LogP contribution in [0.1, 0.15) is 26.2 Å². The monoisotopic (exact) mass is 327 g/mol. The van der Waals surface area contributed by atoms with Crippen LogP contribution in [0.25, 0.3) is 0 Å². The smallest absolute Gasteiger partial charge is 0.271 e. The fourth-order valence-electron chi connectivity index (χ4n) is 2.45. The van der Waals surface area contributed by atoms with Gasteiger partial charge < -0.3 is 10.6 Å². The van der Waals surface area contributed by atoms with Crippen LogP contribution < -0.4 is 10.6 Å². The van der Waals surface area contributed by atoms with Gasteiger partial charge in [0, 0.05) is 28.7 Å². The zero-order chi connectivity index (χ0) is 13.8. The highest BCUT2D eigenvalue weighted by atomic mass is 79.9. The molecule has 0 aromatic heterocycles. The molecule has 2 atom stereocenters. The predicted octanol–water partition coefficient (Wildman–Crippen LogP) is 3.30. The summed E-state index contributed by atoms with van der Waals surface area (Å²) in [5.74, 6) is 0. The first-order valence-corrected chi connectivity index (χ1v) is 7.29. The summed E-state index contributed by atoms with van der Waals surface area (Å²) in [5, 5.41) is 17.6. The Labute approximate surface area is 121 Å². The highest BCUT2D eigenvalue weighted by molar-refractivity contribution is 9.10. The summed E-state index contributed by atoms with van der Waals surface area (Å²) in [6.45, 7) is 3.20. The number of halogens is 1. The van der Waals surface area contributed by atoms with E-state index in [4.69, 9.17) is 0 Å². The summed E-state index contributed by atoms with van der Waals surface area (Å²) in [5.41, 5.74) is 0.886. The first-order valence-electron chi connectivity index (χ1n) is 6.50. The molecule has 19 heavy (non-hydrogen) atoms. The predicted molar refractivity (Wildman–Crippen MR) is 79.5 cm³/mol. The van der Waals surface area contributed by atoms with Gasteiger partial charge in [0.25, 0.3) is 5.69 Å². The Hall–Kier alpha value is -1.14. The average molecular weight is 328 g/mol. The number of nitro benzene ring substituents is 1. The lowest BCUT2D eigenvalue weighted by Gasteiger charge is -2.20. The van der Waals surface area contributed by atoms with Crippen LogP contribution in [0, 0.1) is 10.1 Å². The van der Waals surface area contributed by atoms with Gasteiger partial charge in [-0.3, -0.25) is 10.1 Å². The molecule has 2 rings (SSSR count). The Morgan fingerprint density at radius 3 is 3.05 bits per heavy atom. The second-order valence-corrected chi connectivity index (χ2v) is 5.85. The molecule has 0 spiro atoms. The van der Waals surface area contributed by atoms with Crippen LogP contribution in [-0.2, 0) is 0 Å². The Morgan fingerprint density at radius 2 is 2.42 bits per heavy atom. The van der Waals surface area contributed by atoms with E-state index >= 15 is 0 Å². The number of hydrogen-bond acceptors (Lipinski definition) is 4. The van der Waals surface area contributed by atoms with Gasteiger partial charge in [-0.2, -0.15) is 0 Å². The largest absolute Gasteiger partial charge is 0.381 e. The van der Waals surface area contributed by atoms with Gasteiger partial charge in [0.1, 0.15) is 0 Å². The maximum absolute atomic E-state index is 10.8. The van der Waals surface area contributed by atoms with Crippen molar-refractivity contribution < 1.29 is 4.92 Å². The first kappa shape index (κ1) is 14.3. The van der Waals surface area contributed by atoms with Crippen molar-refractivity contribution in [2.75, 3.05) is 11.9 Å². The van der Waals surface area contributed by atoms with E-state index in [1.54, 1.807) is 12.1 Å². The van der Waals surface area contributed by atoms with Crippen LogP contribution in [0.4, 0.5) is 11.4 Å². The number of nitro groups is 1. The van der Waals surface area contributed by atoms with Crippen molar-refractivity contribution in [2.24, 2.45) is 0 Å². The molecule has 1 fully saturated rings. The van der Waals surface area contributed by atoms with Gasteiger partial charge in [-0.15, -0.1) is 0 Å². The molecule has 5 nitrogen and oxygen atoms in total. The SMILES string of the molecule is CC(CC1CCCN1)Nc1cc([N+](=O)[O-])ccc1Br. The summed E-state index contributed by atoms with van der Waals surface area (Å²) in [4.78, 5) is 10.4. The van der Waals surface area contributed by atoms with Crippen molar-refractivity contribution in [1.29, 1.82) is 0 Å². The van der Waals surface area contributed by atoms with Crippen molar-refractivity contribution >= 4 is 27.3 Å². The summed E-state index contributed by atoms with van der Waals surface area (Å²) < 4.78 is 0.851. The minimum Gasteiger partial charge on any atom is -0.381 e. The van der Waals surface area contributed by atoms with Crippen LogP contribution >= 0.6 is 15.9 Å². The highest BCUT2D eigenvalue weighted by Gasteiger charge is 2.18. The fourth-order valence-corrected chi connectivity index (χ4v) is 2.81. The van der Waals surface area contributed by atoms with Crippen LogP contribution in [0.2, 0.25) is 0 Å². The average Bonchev–Trinajstić information content (AvgIpc) is 2.84. The molecule has 1 aromatic rings. The summed E-state index contributed by atoms with van der Waals surface area (Å²) in [7, 11) is 0. The number of nitrogens with one attached hydrogen (secondary N) is 2. The summed E-state index contributed by atoms with van der Waals surface area (Å²) in [6, 6.07) is 5.61. The van der Waals surface area contributed by atoms with E-state index in [1.807, 2.05) is 0 Å². The molecule has 2 N–H and O–H groups in total. The zero-order valence-electron chi connectivity index (χ0n) is 10.9. The maximum atomic E-state index is 10.8. The van der Waals surface area contributed by atoms with Gasteiger partial charge in [0.05, 0.1) is 10.6 Å². The lowest BCUT2D eigenvalue weighted by atomic mass is 10.1. The first-order chi connectivity index (χ1) is 9.06. The van der Waals surface area contributed by atoms with Gasteiger partial charge in [0.15, 0.2) is 0 Å². The highest BCUT2D eigenvalue weighted by Crippen LogP contribution is 2.28. The Balaban J connectivity index is 2.00. The van der Waals surface area contributed by atoms with Gasteiger partial charge >= 0.3 is 0 Å². The van der Waals surface area contributed by atoms with Crippen molar-refractivity contribution in [2.45, 2.75) is 38.3 Å². The summed E-state index contributed by atoms with van der Waals surface area (Å²) >= 11 is 3.42. The van der Waals surface area contributed by atoms with Gasteiger partial charge in [-0.1, -0.05) is 0 Å². The molecule has 1 saturated heterocycles. The second-order valence-electron chi connectivity index (χ2n) is 5.00.